The van der Waals surface area contributed by atoms with Crippen LogP contribution >= 0.6 is 31.9 Å². The lowest BCUT2D eigenvalue weighted by molar-refractivity contribution is 1.30. The van der Waals surface area contributed by atoms with Crippen molar-refractivity contribution in [2.45, 2.75) is 13.8 Å². The van der Waals surface area contributed by atoms with E-state index < -0.39 is 0 Å². The summed E-state index contributed by atoms with van der Waals surface area (Å²) in [6.45, 7) is 4.00. The molecule has 0 saturated carbocycles. The quantitative estimate of drug-likeness (QED) is 0.196. The van der Waals surface area contributed by atoms with E-state index in [1.54, 1.807) is 18.2 Å². The highest BCUT2D eigenvalue weighted by Crippen LogP contribution is 2.29. The topological polar surface area (TPSA) is 38.5 Å². The van der Waals surface area contributed by atoms with Crippen molar-refractivity contribution in [3.8, 4) is 0 Å². The smallest absolute Gasteiger partial charge is 0.197 e. The fourth-order valence-corrected chi connectivity index (χ4v) is 4.27. The maximum absolute atomic E-state index is 13.0. The molecule has 0 fully saturated rings. The van der Waals surface area contributed by atoms with Gasteiger partial charge >= 0.3 is 0 Å². The maximum atomic E-state index is 13.0. The second kappa shape index (κ2) is 6.73. The summed E-state index contributed by atoms with van der Waals surface area (Å²) in [7, 11) is 0. The molecular formula is C22H15Br2NO2. The third-order valence-corrected chi connectivity index (χ3v) is 5.63. The van der Waals surface area contributed by atoms with Crippen LogP contribution in [0.4, 0.5) is 0 Å². The lowest BCUT2D eigenvalue weighted by atomic mass is 10.0. The zero-order valence-electron chi connectivity index (χ0n) is 14.7. The van der Waals surface area contributed by atoms with Crippen LogP contribution in [0.15, 0.2) is 73.1 Å². The molecule has 0 amide bonds. The van der Waals surface area contributed by atoms with Gasteiger partial charge in [0.1, 0.15) is 0 Å². The summed E-state index contributed by atoms with van der Waals surface area (Å²) in [5, 5.41) is 2.39. The average molecular weight is 485 g/mol. The number of halogens is 2. The molecule has 0 aliphatic heterocycles. The Morgan fingerprint density at radius 1 is 0.667 bits per heavy atom. The van der Waals surface area contributed by atoms with Crippen LogP contribution < -0.4 is 10.9 Å². The van der Waals surface area contributed by atoms with E-state index in [4.69, 9.17) is 0 Å². The Labute approximate surface area is 171 Å². The van der Waals surface area contributed by atoms with Crippen LogP contribution in [0.2, 0.25) is 0 Å². The average Bonchev–Trinajstić information content (AvgIpc) is 2.68. The van der Waals surface area contributed by atoms with E-state index in [0.29, 0.717) is 27.1 Å². The van der Waals surface area contributed by atoms with Crippen molar-refractivity contribution in [1.82, 2.24) is 4.40 Å². The predicted octanol–water partition coefficient (Wildman–Crippen LogP) is 6.11. The minimum atomic E-state index is -0.0538. The largest absolute Gasteiger partial charge is 0.307 e. The first-order chi connectivity index (χ1) is 13.1. The van der Waals surface area contributed by atoms with E-state index in [9.17, 15) is 9.59 Å². The molecule has 0 aliphatic rings. The third kappa shape index (κ3) is 2.60. The molecule has 0 N–H and O–H groups in total. The van der Waals surface area contributed by atoms with Crippen molar-refractivity contribution in [1.29, 1.82) is 0 Å². The number of fused-ring (bicyclic) bond motifs is 4. The van der Waals surface area contributed by atoms with E-state index in [1.165, 1.54) is 0 Å². The number of hydrogen-bond donors (Lipinski definition) is 0. The normalized spacial score (nSPS) is 11.3. The van der Waals surface area contributed by atoms with Crippen LogP contribution in [0.3, 0.4) is 0 Å². The molecule has 0 aliphatic carbocycles. The number of pyridine rings is 2. The minimum Gasteiger partial charge on any atom is -0.307 e. The number of hydrogen-bond acceptors (Lipinski definition) is 2. The molecule has 2 aromatic heterocycles. The second-order valence-corrected chi connectivity index (χ2v) is 7.85. The molecule has 2 heterocycles. The first-order valence-electron chi connectivity index (χ1n) is 8.68. The molecule has 134 valence electrons. The second-order valence-electron chi connectivity index (χ2n) is 6.02. The monoisotopic (exact) mass is 483 g/mol. The molecule has 0 spiro atoms. The zero-order chi connectivity index (χ0) is 19.3. The van der Waals surface area contributed by atoms with E-state index >= 15 is 0 Å². The van der Waals surface area contributed by atoms with Crippen LogP contribution in [-0.2, 0) is 0 Å². The summed E-state index contributed by atoms with van der Waals surface area (Å²) in [6.07, 6.45) is 0. The van der Waals surface area contributed by atoms with Crippen LogP contribution in [0.25, 0.3) is 38.1 Å². The Morgan fingerprint density at radius 3 is 1.56 bits per heavy atom. The van der Waals surface area contributed by atoms with Crippen LogP contribution in [0.1, 0.15) is 13.8 Å². The highest BCUT2D eigenvalue weighted by molar-refractivity contribution is 9.10. The summed E-state index contributed by atoms with van der Waals surface area (Å²) >= 11 is 6.99. The van der Waals surface area contributed by atoms with Gasteiger partial charge < -0.3 is 4.40 Å². The van der Waals surface area contributed by atoms with E-state index in [2.05, 4.69) is 31.9 Å². The van der Waals surface area contributed by atoms with Gasteiger partial charge in [0.25, 0.3) is 0 Å². The first-order valence-corrected chi connectivity index (χ1v) is 10.3. The van der Waals surface area contributed by atoms with Crippen molar-refractivity contribution in [2.24, 2.45) is 0 Å². The van der Waals surface area contributed by atoms with Gasteiger partial charge in [-0.2, -0.15) is 0 Å². The van der Waals surface area contributed by atoms with Gasteiger partial charge in [0.15, 0.2) is 10.9 Å². The van der Waals surface area contributed by atoms with Gasteiger partial charge in [0, 0.05) is 30.5 Å². The van der Waals surface area contributed by atoms with E-state index in [-0.39, 0.29) is 10.9 Å². The van der Waals surface area contributed by atoms with Gasteiger partial charge in [-0.3, -0.25) is 9.59 Å². The first kappa shape index (κ1) is 18.1. The molecule has 0 bridgehead atoms. The van der Waals surface area contributed by atoms with E-state index in [1.807, 2.05) is 54.6 Å². The van der Waals surface area contributed by atoms with Gasteiger partial charge in [0.05, 0.1) is 16.6 Å². The summed E-state index contributed by atoms with van der Waals surface area (Å²) < 4.78 is 3.79. The van der Waals surface area contributed by atoms with Crippen molar-refractivity contribution in [2.75, 3.05) is 0 Å². The summed E-state index contributed by atoms with van der Waals surface area (Å²) in [6, 6.07) is 16.6. The number of nitrogens with zero attached hydrogens (tertiary/aromatic N) is 1. The Morgan fingerprint density at radius 2 is 1.11 bits per heavy atom. The molecule has 5 heteroatoms. The van der Waals surface area contributed by atoms with Gasteiger partial charge in [-0.1, -0.05) is 51.8 Å². The predicted molar refractivity (Wildman–Crippen MR) is 120 cm³/mol. The number of benzene rings is 3. The Balaban J connectivity index is 0.000000872. The van der Waals surface area contributed by atoms with Crippen molar-refractivity contribution in [3.63, 3.8) is 0 Å². The molecule has 27 heavy (non-hydrogen) atoms. The van der Waals surface area contributed by atoms with Gasteiger partial charge in [-0.05, 0) is 48.5 Å². The minimum absolute atomic E-state index is 0.0538. The van der Waals surface area contributed by atoms with Crippen molar-refractivity contribution < 1.29 is 0 Å². The van der Waals surface area contributed by atoms with Crippen LogP contribution in [0, 0.1) is 0 Å². The molecule has 3 aromatic carbocycles. The Kier molecular flexibility index (Phi) is 4.52. The molecule has 3 nitrogen and oxygen atoms in total. The summed E-state index contributed by atoms with van der Waals surface area (Å²) in [5.41, 5.74) is 2.13. The Bertz CT molecular complexity index is 1350. The lowest BCUT2D eigenvalue weighted by Crippen LogP contribution is -2.14. The molecular weight excluding hydrogens is 470 g/mol. The highest BCUT2D eigenvalue weighted by atomic mass is 79.9. The lowest BCUT2D eigenvalue weighted by Gasteiger charge is -2.14. The molecule has 5 aromatic rings. The number of aromatic nitrogens is 1. The molecule has 5 rings (SSSR count). The fourth-order valence-electron chi connectivity index (χ4n) is 3.58. The van der Waals surface area contributed by atoms with Gasteiger partial charge in [-0.15, -0.1) is 0 Å². The van der Waals surface area contributed by atoms with Crippen LogP contribution in [-0.4, -0.2) is 4.40 Å². The van der Waals surface area contributed by atoms with Crippen molar-refractivity contribution in [3.05, 3.63) is 84.0 Å². The van der Waals surface area contributed by atoms with Gasteiger partial charge in [0.2, 0.25) is 0 Å². The Hall–Kier alpha value is -2.24. The standard InChI is InChI=1S/C20H9Br2NO2.C2H6/c21-10-4-6-12-16(8-10)23-17-9-11(22)5-7-13(17)20(25)15-3-1-2-14(18(15)23)19(12)24;1-2/h1-9H;1-2H3. The maximum Gasteiger partial charge on any atom is 0.197 e. The fraction of sp³-hybridized carbons (Fsp3) is 0.0909. The number of para-hydroxylation sites is 1. The van der Waals surface area contributed by atoms with Crippen molar-refractivity contribution >= 4 is 70.0 Å². The van der Waals surface area contributed by atoms with Gasteiger partial charge in [-0.25, -0.2) is 0 Å². The third-order valence-electron chi connectivity index (χ3n) is 4.64. The molecule has 0 radical (unpaired) electrons. The molecule has 0 atom stereocenters. The van der Waals surface area contributed by atoms with E-state index in [0.717, 1.165) is 20.0 Å². The summed E-state index contributed by atoms with van der Waals surface area (Å²) in [5.74, 6) is 0. The summed E-state index contributed by atoms with van der Waals surface area (Å²) in [4.78, 5) is 26.0. The SMILES string of the molecule is CC.O=c1c2ccc(Br)cc2n2c3cc(Br)ccc3c(=O)c3cccc1c32. The highest BCUT2D eigenvalue weighted by Gasteiger charge is 2.16. The van der Waals surface area contributed by atoms with Crippen LogP contribution in [0.5, 0.6) is 0 Å². The molecule has 0 unspecified atom stereocenters. The number of rotatable bonds is 0. The molecule has 0 saturated heterocycles. The zero-order valence-corrected chi connectivity index (χ0v) is 17.9.